The molecular weight excluding hydrogens is 217 g/mol. The highest BCUT2D eigenvalue weighted by molar-refractivity contribution is 6.32. The van der Waals surface area contributed by atoms with Crippen molar-refractivity contribution in [1.29, 1.82) is 0 Å². The molecule has 0 radical (unpaired) electrons. The Labute approximate surface area is 104 Å². The summed E-state index contributed by atoms with van der Waals surface area (Å²) in [5.74, 6) is 0.192. The molecule has 96 valence electrons. The minimum Gasteiger partial charge on any atom is -0.444 e. The van der Waals surface area contributed by atoms with Crippen LogP contribution in [-0.2, 0) is 9.53 Å². The van der Waals surface area contributed by atoms with Gasteiger partial charge in [-0.15, -0.1) is 0 Å². The zero-order valence-corrected chi connectivity index (χ0v) is 11.5. The highest BCUT2D eigenvalue weighted by Gasteiger charge is 2.20. The van der Waals surface area contributed by atoms with Crippen molar-refractivity contribution in [3.8, 4) is 0 Å². The molecule has 0 aliphatic heterocycles. The van der Waals surface area contributed by atoms with Crippen LogP contribution in [0.25, 0.3) is 0 Å². The second-order valence-electron chi connectivity index (χ2n) is 5.44. The van der Waals surface area contributed by atoms with E-state index in [9.17, 15) is 9.59 Å². The average molecular weight is 239 g/mol. The lowest BCUT2D eigenvalue weighted by atomic mass is 9.92. The third kappa shape index (κ3) is 7.61. The van der Waals surface area contributed by atoms with Gasteiger partial charge in [0, 0.05) is 0 Å². The number of allylic oxidation sites excluding steroid dienone is 1. The zero-order chi connectivity index (χ0) is 13.6. The van der Waals surface area contributed by atoms with Gasteiger partial charge < -0.3 is 10.1 Å². The van der Waals surface area contributed by atoms with Gasteiger partial charge in [-0.2, -0.15) is 0 Å². The van der Waals surface area contributed by atoms with Crippen LogP contribution in [0.4, 0.5) is 4.79 Å². The number of carbonyl (C=O) groups excluding carboxylic acids is 2. The van der Waals surface area contributed by atoms with E-state index in [1.165, 1.54) is 0 Å². The van der Waals surface area contributed by atoms with Gasteiger partial charge in [0.2, 0.25) is 0 Å². The molecule has 0 aliphatic rings. The fourth-order valence-corrected chi connectivity index (χ4v) is 1.17. The van der Waals surface area contributed by atoms with Crippen LogP contribution in [0.1, 0.15) is 34.6 Å². The monoisotopic (exact) mass is 239 g/mol. The third-order valence-corrected chi connectivity index (χ3v) is 2.03. The van der Waals surface area contributed by atoms with E-state index in [1.807, 2.05) is 34.6 Å². The Morgan fingerprint density at radius 2 is 1.88 bits per heavy atom. The molecule has 0 fully saturated rings. The SMILES string of the molecule is B/C(C=O)=C\C(NC(=O)OC(C)(C)C)C(C)C. The average Bonchev–Trinajstić information content (AvgIpc) is 2.13. The summed E-state index contributed by atoms with van der Waals surface area (Å²) in [5.41, 5.74) is 0.0782. The van der Waals surface area contributed by atoms with E-state index in [-0.39, 0.29) is 12.0 Å². The lowest BCUT2D eigenvalue weighted by Crippen LogP contribution is -2.41. The molecule has 0 rings (SSSR count). The van der Waals surface area contributed by atoms with Crippen LogP contribution in [0.2, 0.25) is 0 Å². The fraction of sp³-hybridized carbons (Fsp3) is 0.667. The van der Waals surface area contributed by atoms with Gasteiger partial charge in [0.15, 0.2) is 0 Å². The molecule has 0 aromatic heterocycles. The van der Waals surface area contributed by atoms with Gasteiger partial charge in [0.1, 0.15) is 19.7 Å². The van der Waals surface area contributed by atoms with E-state index in [0.717, 1.165) is 6.29 Å². The molecular formula is C12H22BNO3. The minimum absolute atomic E-state index is 0.192. The molecule has 17 heavy (non-hydrogen) atoms. The highest BCUT2D eigenvalue weighted by atomic mass is 16.6. The van der Waals surface area contributed by atoms with Crippen molar-refractivity contribution in [2.45, 2.75) is 46.3 Å². The summed E-state index contributed by atoms with van der Waals surface area (Å²) < 4.78 is 5.17. The number of rotatable bonds is 4. The van der Waals surface area contributed by atoms with Gasteiger partial charge in [0.05, 0.1) is 6.04 Å². The number of amides is 1. The van der Waals surface area contributed by atoms with E-state index in [4.69, 9.17) is 4.74 Å². The quantitative estimate of drug-likeness (QED) is 0.456. The first kappa shape index (κ1) is 15.7. The summed E-state index contributed by atoms with van der Waals surface area (Å²) in [4.78, 5) is 22.2. The first-order chi connectivity index (χ1) is 7.65. The molecule has 0 bridgehead atoms. The standard InChI is InChI=1S/C12H22BNO3/c1-8(2)10(6-9(13)7-15)14-11(16)17-12(3,4)5/h6-8,10H,13H2,1-5H3,(H,14,16)/b9-6-. The van der Waals surface area contributed by atoms with Crippen LogP contribution in [0.15, 0.2) is 11.5 Å². The van der Waals surface area contributed by atoms with Gasteiger partial charge in [-0.3, -0.25) is 4.79 Å². The van der Waals surface area contributed by atoms with Crippen molar-refractivity contribution in [1.82, 2.24) is 5.32 Å². The van der Waals surface area contributed by atoms with Gasteiger partial charge in [-0.05, 0) is 26.7 Å². The van der Waals surface area contributed by atoms with Crippen LogP contribution >= 0.6 is 0 Å². The third-order valence-electron chi connectivity index (χ3n) is 2.03. The summed E-state index contributed by atoms with van der Waals surface area (Å²) in [7, 11) is 1.71. The van der Waals surface area contributed by atoms with Crippen LogP contribution in [0.3, 0.4) is 0 Å². The molecule has 1 N–H and O–H groups in total. The Morgan fingerprint density at radius 1 is 1.35 bits per heavy atom. The van der Waals surface area contributed by atoms with Gasteiger partial charge in [-0.1, -0.05) is 25.4 Å². The number of ether oxygens (including phenoxy) is 1. The zero-order valence-electron chi connectivity index (χ0n) is 11.5. The van der Waals surface area contributed by atoms with E-state index >= 15 is 0 Å². The number of hydrogen-bond acceptors (Lipinski definition) is 3. The topological polar surface area (TPSA) is 55.4 Å². The molecule has 0 aromatic rings. The molecule has 0 saturated heterocycles. The first-order valence-electron chi connectivity index (χ1n) is 5.79. The molecule has 1 atom stereocenters. The normalized spacial score (nSPS) is 14.4. The number of alkyl carbamates (subject to hydrolysis) is 1. The van der Waals surface area contributed by atoms with Crippen LogP contribution < -0.4 is 5.32 Å². The lowest BCUT2D eigenvalue weighted by molar-refractivity contribution is -0.104. The molecule has 0 saturated carbocycles. The Hall–Kier alpha value is -1.26. The molecule has 0 spiro atoms. The van der Waals surface area contributed by atoms with Crippen LogP contribution in [0, 0.1) is 5.92 Å². The summed E-state index contributed by atoms with van der Waals surface area (Å²) in [5, 5.41) is 2.74. The highest BCUT2D eigenvalue weighted by Crippen LogP contribution is 2.09. The van der Waals surface area contributed by atoms with Crippen molar-refractivity contribution < 1.29 is 14.3 Å². The Balaban J connectivity index is 4.57. The Morgan fingerprint density at radius 3 is 2.24 bits per heavy atom. The van der Waals surface area contributed by atoms with Gasteiger partial charge in [-0.25, -0.2) is 4.79 Å². The maximum absolute atomic E-state index is 11.6. The molecule has 0 aliphatic carbocycles. The predicted octanol–water partition coefficient (Wildman–Crippen LogP) is 1.25. The molecule has 0 heterocycles. The van der Waals surface area contributed by atoms with Gasteiger partial charge >= 0.3 is 6.09 Å². The van der Waals surface area contributed by atoms with E-state index in [0.29, 0.717) is 5.47 Å². The molecule has 1 amide bonds. The number of aldehydes is 1. The Kier molecular flexibility index (Phi) is 6.00. The van der Waals surface area contributed by atoms with E-state index in [2.05, 4.69) is 5.32 Å². The predicted molar refractivity (Wildman–Crippen MR) is 70.7 cm³/mol. The Bertz CT molecular complexity index is 305. The summed E-state index contributed by atoms with van der Waals surface area (Å²) >= 11 is 0. The number of carbonyl (C=O) groups is 2. The fourth-order valence-electron chi connectivity index (χ4n) is 1.17. The van der Waals surface area contributed by atoms with E-state index < -0.39 is 11.7 Å². The maximum atomic E-state index is 11.6. The molecule has 0 aromatic carbocycles. The lowest BCUT2D eigenvalue weighted by Gasteiger charge is -2.24. The van der Waals surface area contributed by atoms with Crippen molar-refractivity contribution in [3.05, 3.63) is 11.5 Å². The van der Waals surface area contributed by atoms with Crippen molar-refractivity contribution in [2.24, 2.45) is 5.92 Å². The van der Waals surface area contributed by atoms with Crippen molar-refractivity contribution in [3.63, 3.8) is 0 Å². The summed E-state index contributed by atoms with van der Waals surface area (Å²) in [6.07, 6.45) is 2.04. The second kappa shape index (κ2) is 6.47. The number of hydrogen-bond donors (Lipinski definition) is 1. The van der Waals surface area contributed by atoms with Crippen LogP contribution in [-0.4, -0.2) is 31.9 Å². The smallest absolute Gasteiger partial charge is 0.408 e. The van der Waals surface area contributed by atoms with Crippen molar-refractivity contribution in [2.75, 3.05) is 0 Å². The molecule has 5 heteroatoms. The summed E-state index contributed by atoms with van der Waals surface area (Å²) in [6.45, 7) is 9.36. The summed E-state index contributed by atoms with van der Waals surface area (Å²) in [6, 6.07) is -0.199. The minimum atomic E-state index is -0.519. The van der Waals surface area contributed by atoms with Crippen molar-refractivity contribution >= 4 is 20.2 Å². The van der Waals surface area contributed by atoms with Crippen LogP contribution in [0.5, 0.6) is 0 Å². The maximum Gasteiger partial charge on any atom is 0.408 e. The van der Waals surface area contributed by atoms with Gasteiger partial charge in [0.25, 0.3) is 0 Å². The molecule has 4 nitrogen and oxygen atoms in total. The molecule has 1 unspecified atom stereocenters. The number of nitrogens with one attached hydrogen (secondary N) is 1. The largest absolute Gasteiger partial charge is 0.444 e. The van der Waals surface area contributed by atoms with E-state index in [1.54, 1.807) is 13.9 Å². The second-order valence-corrected chi connectivity index (χ2v) is 5.44. The first-order valence-corrected chi connectivity index (χ1v) is 5.79.